The summed E-state index contributed by atoms with van der Waals surface area (Å²) in [6.45, 7) is 28.6. The number of rotatable bonds is 11. The Bertz CT molecular complexity index is 4150. The van der Waals surface area contributed by atoms with Gasteiger partial charge in [-0.05, 0) is 185 Å². The summed E-state index contributed by atoms with van der Waals surface area (Å²) in [5, 5.41) is 10.5. The van der Waals surface area contributed by atoms with Gasteiger partial charge < -0.3 is 9.80 Å². The highest BCUT2D eigenvalue weighted by molar-refractivity contribution is 7.40. The van der Waals surface area contributed by atoms with Crippen molar-refractivity contribution in [3.63, 3.8) is 0 Å². The van der Waals surface area contributed by atoms with Gasteiger partial charge in [-0.3, -0.25) is 0 Å². The van der Waals surface area contributed by atoms with Gasteiger partial charge in [0.2, 0.25) is 0 Å². The normalized spacial score (nSPS) is 13.8. The van der Waals surface area contributed by atoms with E-state index in [4.69, 9.17) is 0 Å². The SMILES string of the molecule is CCC(C)(C)c1ccc(N2c3cccc4c3B(c3sc5ccc(C(C)(C)CC)cc5c32)c2sc3ccc(C(C)(C)CC)cc3c2N4c2ccc(C(C)(C)CC)c(-c3ccc4c5ccccc5c5ccccc5c4c3)c2)cc1. The van der Waals surface area contributed by atoms with Crippen LogP contribution in [-0.2, 0) is 21.7 Å². The molecule has 2 nitrogen and oxygen atoms in total. The number of anilines is 6. The molecule has 0 spiro atoms. The highest BCUT2D eigenvalue weighted by Crippen LogP contribution is 2.53. The predicted molar refractivity (Wildman–Crippen MR) is 342 cm³/mol. The first-order chi connectivity index (χ1) is 37.0. The molecule has 0 unspecified atom stereocenters. The van der Waals surface area contributed by atoms with Gasteiger partial charge in [0.1, 0.15) is 0 Å². The maximum absolute atomic E-state index is 2.69. The molecular formula is C72H71BN2S2. The molecule has 0 saturated heterocycles. The van der Waals surface area contributed by atoms with Gasteiger partial charge in [0.15, 0.2) is 0 Å². The van der Waals surface area contributed by atoms with E-state index in [0.29, 0.717) is 0 Å². The molecule has 0 fully saturated rings. The Labute approximate surface area is 465 Å². The molecule has 2 aromatic heterocycles. The van der Waals surface area contributed by atoms with Gasteiger partial charge in [0.25, 0.3) is 6.71 Å². The van der Waals surface area contributed by atoms with Crippen LogP contribution in [-0.4, -0.2) is 6.71 Å². The number of hydrogen-bond donors (Lipinski definition) is 0. The van der Waals surface area contributed by atoms with Crippen LogP contribution in [0.2, 0.25) is 0 Å². The molecule has 0 bridgehead atoms. The Morgan fingerprint density at radius 3 is 1.32 bits per heavy atom. The highest BCUT2D eigenvalue weighted by atomic mass is 32.1. The molecule has 5 heteroatoms. The van der Waals surface area contributed by atoms with E-state index in [0.717, 1.165) is 25.7 Å². The predicted octanol–water partition coefficient (Wildman–Crippen LogP) is 20.1. The van der Waals surface area contributed by atoms with Crippen molar-refractivity contribution in [2.75, 3.05) is 9.80 Å². The van der Waals surface area contributed by atoms with Crippen LogP contribution in [0.5, 0.6) is 0 Å². The van der Waals surface area contributed by atoms with Crippen LogP contribution in [0.1, 0.15) is 131 Å². The Morgan fingerprint density at radius 2 is 0.818 bits per heavy atom. The zero-order valence-corrected chi connectivity index (χ0v) is 48.8. The molecule has 384 valence electrons. The van der Waals surface area contributed by atoms with E-state index < -0.39 is 0 Å². The van der Waals surface area contributed by atoms with Gasteiger partial charge >= 0.3 is 0 Å². The second-order valence-corrected chi connectivity index (χ2v) is 27.1. The largest absolute Gasteiger partial charge is 0.310 e. The van der Waals surface area contributed by atoms with E-state index in [1.165, 1.54) is 135 Å². The Hall–Kier alpha value is -6.66. The van der Waals surface area contributed by atoms with E-state index >= 15 is 0 Å². The Morgan fingerprint density at radius 1 is 0.377 bits per heavy atom. The molecule has 0 atom stereocenters. The average Bonchev–Trinajstić information content (AvgIpc) is 4.09. The molecule has 9 aromatic carbocycles. The number of nitrogens with zero attached hydrogens (tertiary/aromatic N) is 2. The van der Waals surface area contributed by atoms with Gasteiger partial charge in [-0.1, -0.05) is 180 Å². The number of hydrogen-bond acceptors (Lipinski definition) is 4. The van der Waals surface area contributed by atoms with Crippen LogP contribution in [0.15, 0.2) is 164 Å². The van der Waals surface area contributed by atoms with Crippen molar-refractivity contribution in [3.8, 4) is 11.1 Å². The van der Waals surface area contributed by atoms with Crippen molar-refractivity contribution < 1.29 is 0 Å². The van der Waals surface area contributed by atoms with Crippen molar-refractivity contribution in [3.05, 3.63) is 186 Å². The summed E-state index contributed by atoms with van der Waals surface area (Å²) in [5.41, 5.74) is 17.1. The molecule has 11 aromatic rings. The first kappa shape index (κ1) is 49.9. The third kappa shape index (κ3) is 7.61. The van der Waals surface area contributed by atoms with Gasteiger partial charge in [-0.2, -0.15) is 0 Å². The van der Waals surface area contributed by atoms with Crippen LogP contribution < -0.4 is 24.8 Å². The Kier molecular flexibility index (Phi) is 11.6. The van der Waals surface area contributed by atoms with Crippen LogP contribution in [0.3, 0.4) is 0 Å². The second-order valence-electron chi connectivity index (χ2n) is 24.9. The van der Waals surface area contributed by atoms with E-state index in [-0.39, 0.29) is 28.4 Å². The standard InChI is InChI=1S/C72H71BN2S2/c1-13-69(5,6)45-29-33-48(34-30-45)74-60-26-21-27-61-64(60)73(67-65(74)57-41-46(70(7,8)14-2)31-38-62(57)76-67)68-66(58-42-47(71(9,10)15-3)32-39-63(58)77-68)75(61)49-35-37-59(72(11,12)16-4)55(43-49)44-28-36-54-52-24-18-17-22-50(52)51-23-19-20-25-53(51)56(54)40-44/h17-43H,13-16H2,1-12H3. The lowest BCUT2D eigenvalue weighted by Gasteiger charge is -2.42. The molecule has 2 aliphatic rings. The molecule has 0 amide bonds. The summed E-state index contributed by atoms with van der Waals surface area (Å²) in [6, 6.07) is 64.3. The van der Waals surface area contributed by atoms with Crippen molar-refractivity contribution in [2.45, 2.75) is 130 Å². The van der Waals surface area contributed by atoms with Crippen LogP contribution in [0.4, 0.5) is 34.1 Å². The lowest BCUT2D eigenvalue weighted by atomic mass is 9.39. The number of fused-ring (bicyclic) bond motifs is 14. The second kappa shape index (κ2) is 17.9. The van der Waals surface area contributed by atoms with E-state index in [2.05, 4.69) is 257 Å². The summed E-state index contributed by atoms with van der Waals surface area (Å²) >= 11 is 4.03. The highest BCUT2D eigenvalue weighted by Gasteiger charge is 2.47. The number of thiophene rings is 2. The van der Waals surface area contributed by atoms with Crippen LogP contribution in [0.25, 0.3) is 63.6 Å². The van der Waals surface area contributed by atoms with Crippen molar-refractivity contribution in [1.82, 2.24) is 0 Å². The summed E-state index contributed by atoms with van der Waals surface area (Å²) in [5.74, 6) is 0. The summed E-state index contributed by atoms with van der Waals surface area (Å²) in [4.78, 5) is 5.34. The molecule has 0 radical (unpaired) electrons. The summed E-state index contributed by atoms with van der Waals surface area (Å²) in [6.07, 6.45) is 4.24. The molecule has 0 N–H and O–H groups in total. The number of benzene rings is 9. The van der Waals surface area contributed by atoms with E-state index in [1.54, 1.807) is 0 Å². The van der Waals surface area contributed by atoms with Crippen molar-refractivity contribution in [1.29, 1.82) is 0 Å². The minimum absolute atomic E-state index is 0.0234. The molecule has 2 aliphatic heterocycles. The monoisotopic (exact) mass is 1040 g/mol. The first-order valence-electron chi connectivity index (χ1n) is 28.4. The van der Waals surface area contributed by atoms with Gasteiger partial charge in [0, 0.05) is 52.5 Å². The smallest absolute Gasteiger partial charge is 0.277 e. The maximum atomic E-state index is 2.69. The van der Waals surface area contributed by atoms with E-state index in [1.807, 2.05) is 22.7 Å². The zero-order valence-electron chi connectivity index (χ0n) is 47.2. The summed E-state index contributed by atoms with van der Waals surface area (Å²) < 4.78 is 5.55. The fourth-order valence-corrected chi connectivity index (χ4v) is 15.4. The molecule has 0 saturated carbocycles. The van der Waals surface area contributed by atoms with Crippen molar-refractivity contribution >= 4 is 131 Å². The summed E-state index contributed by atoms with van der Waals surface area (Å²) in [7, 11) is 0. The van der Waals surface area contributed by atoms with Gasteiger partial charge in [-0.25, -0.2) is 0 Å². The maximum Gasteiger partial charge on any atom is 0.277 e. The minimum Gasteiger partial charge on any atom is -0.310 e. The lowest BCUT2D eigenvalue weighted by molar-refractivity contribution is 0.506. The molecule has 77 heavy (non-hydrogen) atoms. The third-order valence-corrected chi connectivity index (χ3v) is 21.7. The molecule has 13 rings (SSSR count). The van der Waals surface area contributed by atoms with Gasteiger partial charge in [-0.15, -0.1) is 22.7 Å². The van der Waals surface area contributed by atoms with Crippen LogP contribution in [0, 0.1) is 0 Å². The first-order valence-corrected chi connectivity index (χ1v) is 30.1. The Balaban J connectivity index is 1.11. The van der Waals surface area contributed by atoms with Crippen molar-refractivity contribution in [2.24, 2.45) is 0 Å². The minimum atomic E-state index is -0.0692. The fourth-order valence-electron chi connectivity index (χ4n) is 12.7. The molecule has 0 aliphatic carbocycles. The lowest BCUT2D eigenvalue weighted by Crippen LogP contribution is -2.59. The quantitative estimate of drug-likeness (QED) is 0.0941. The molecule has 4 heterocycles. The van der Waals surface area contributed by atoms with Gasteiger partial charge in [0.05, 0.1) is 11.4 Å². The topological polar surface area (TPSA) is 6.48 Å². The van der Waals surface area contributed by atoms with E-state index in [9.17, 15) is 0 Å². The van der Waals surface area contributed by atoms with Crippen LogP contribution >= 0.6 is 22.7 Å². The average molecular weight is 1040 g/mol. The molecular weight excluding hydrogens is 968 g/mol. The third-order valence-electron chi connectivity index (χ3n) is 19.2. The zero-order chi connectivity index (χ0) is 53.5. The fraction of sp³-hybridized carbons (Fsp3) is 0.278.